The average molecular weight is 303 g/mol. The van der Waals surface area contributed by atoms with Crippen LogP contribution >= 0.6 is 0 Å². The summed E-state index contributed by atoms with van der Waals surface area (Å²) in [5, 5.41) is 5.06. The highest BCUT2D eigenvalue weighted by atomic mass is 16.6. The highest BCUT2D eigenvalue weighted by Gasteiger charge is 2.21. The molecule has 1 aromatic carbocycles. The molecule has 0 aliphatic carbocycles. The Kier molecular flexibility index (Phi) is 5.13. The van der Waals surface area contributed by atoms with Crippen molar-refractivity contribution in [2.45, 2.75) is 13.8 Å². The van der Waals surface area contributed by atoms with E-state index in [1.54, 1.807) is 20.0 Å². The summed E-state index contributed by atoms with van der Waals surface area (Å²) in [5.74, 6) is -1.49. The van der Waals surface area contributed by atoms with Crippen molar-refractivity contribution in [1.82, 2.24) is 9.89 Å². The van der Waals surface area contributed by atoms with Crippen LogP contribution in [0.1, 0.15) is 13.8 Å². The summed E-state index contributed by atoms with van der Waals surface area (Å²) in [4.78, 5) is 25.1. The fraction of sp³-hybridized carbons (Fsp3) is 0.267. The first-order valence-electron chi connectivity index (χ1n) is 6.91. The zero-order chi connectivity index (χ0) is 15.9. The van der Waals surface area contributed by atoms with Crippen LogP contribution < -0.4 is 5.43 Å². The average Bonchev–Trinajstić information content (AvgIpc) is 2.91. The van der Waals surface area contributed by atoms with Crippen molar-refractivity contribution in [2.24, 2.45) is 0 Å². The third-order valence-corrected chi connectivity index (χ3v) is 2.80. The summed E-state index contributed by atoms with van der Waals surface area (Å²) in [6, 6.07) is 7.52. The summed E-state index contributed by atoms with van der Waals surface area (Å²) in [7, 11) is 0. The first-order valence-corrected chi connectivity index (χ1v) is 6.91. The van der Waals surface area contributed by atoms with E-state index >= 15 is 0 Å². The Morgan fingerprint density at radius 3 is 2.45 bits per heavy atom. The minimum absolute atomic E-state index is 0.167. The molecule has 0 saturated heterocycles. The predicted molar refractivity (Wildman–Crippen MR) is 80.4 cm³/mol. The van der Waals surface area contributed by atoms with Crippen LogP contribution in [0.5, 0.6) is 0 Å². The molecule has 0 aliphatic heterocycles. The molecule has 0 radical (unpaired) electrons. The molecule has 0 amide bonds. The van der Waals surface area contributed by atoms with Crippen molar-refractivity contribution in [3.63, 3.8) is 0 Å². The number of carbonyl (C=O) groups is 2. The number of carbonyl (C=O) groups excluding carboxylic acids is 2. The van der Waals surface area contributed by atoms with Gasteiger partial charge in [0, 0.05) is 11.6 Å². The van der Waals surface area contributed by atoms with Gasteiger partial charge in [-0.3, -0.25) is 5.43 Å². The molecule has 1 N–H and O–H groups in total. The molecule has 1 heterocycles. The van der Waals surface area contributed by atoms with E-state index in [0.717, 1.165) is 10.9 Å². The molecule has 0 fully saturated rings. The molecule has 116 valence electrons. The van der Waals surface area contributed by atoms with Crippen LogP contribution in [0.2, 0.25) is 0 Å². The number of nitrogens with one attached hydrogen (secondary N) is 1. The van der Waals surface area contributed by atoms with Crippen LogP contribution in [0.3, 0.4) is 0 Å². The highest BCUT2D eigenvalue weighted by Crippen LogP contribution is 2.11. The number of para-hydroxylation sites is 1. The Morgan fingerprint density at radius 2 is 1.82 bits per heavy atom. The third kappa shape index (κ3) is 3.43. The van der Waals surface area contributed by atoms with Crippen LogP contribution in [0, 0.1) is 0 Å². The van der Waals surface area contributed by atoms with E-state index in [0.29, 0.717) is 0 Å². The van der Waals surface area contributed by atoms with Gasteiger partial charge >= 0.3 is 11.9 Å². The smallest absolute Gasteiger partial charge is 0.347 e. The van der Waals surface area contributed by atoms with Crippen molar-refractivity contribution < 1.29 is 19.1 Å². The molecule has 0 saturated carbocycles. The van der Waals surface area contributed by atoms with Crippen LogP contribution in [-0.4, -0.2) is 35.0 Å². The molecule has 1 aromatic heterocycles. The molecule has 2 rings (SSSR count). The van der Waals surface area contributed by atoms with E-state index < -0.39 is 11.9 Å². The van der Waals surface area contributed by atoms with Crippen LogP contribution in [0.25, 0.3) is 10.9 Å². The first kappa shape index (κ1) is 15.6. The standard InChI is InChI=1S/C15H17N3O4/c1-3-21-14(19)12(15(20)22-4-2)10-17-18-13-8-6-5-7-11(13)9-16-18/h5-10,17H,3-4H2,1-2H3. The van der Waals surface area contributed by atoms with Gasteiger partial charge in [0.05, 0.1) is 24.9 Å². The minimum Gasteiger partial charge on any atom is -0.462 e. The molecule has 2 aromatic rings. The number of hydrogen-bond donors (Lipinski definition) is 1. The lowest BCUT2D eigenvalue weighted by atomic mass is 10.3. The van der Waals surface area contributed by atoms with E-state index in [-0.39, 0.29) is 18.8 Å². The molecule has 7 heteroatoms. The second-order valence-corrected chi connectivity index (χ2v) is 4.24. The second-order valence-electron chi connectivity index (χ2n) is 4.24. The zero-order valence-corrected chi connectivity index (χ0v) is 12.4. The van der Waals surface area contributed by atoms with Gasteiger partial charge in [-0.25, -0.2) is 9.59 Å². The van der Waals surface area contributed by atoms with Gasteiger partial charge in [-0.05, 0) is 19.9 Å². The van der Waals surface area contributed by atoms with Gasteiger partial charge < -0.3 is 9.47 Å². The normalized spacial score (nSPS) is 10.1. The Bertz CT molecular complexity index is 686. The molecule has 0 spiro atoms. The SMILES string of the molecule is CCOC(=O)C(=CNn1ncc2ccccc21)C(=O)OCC. The molecule has 0 atom stereocenters. The van der Waals surface area contributed by atoms with Gasteiger partial charge in [-0.15, -0.1) is 0 Å². The lowest BCUT2D eigenvalue weighted by Gasteiger charge is -2.08. The number of fused-ring (bicyclic) bond motifs is 1. The number of aromatic nitrogens is 2. The Hall–Kier alpha value is -2.83. The largest absolute Gasteiger partial charge is 0.462 e. The maximum Gasteiger partial charge on any atom is 0.347 e. The van der Waals surface area contributed by atoms with Crippen molar-refractivity contribution in [3.05, 3.63) is 42.2 Å². The summed E-state index contributed by atoms with van der Waals surface area (Å²) in [6.07, 6.45) is 2.90. The number of benzene rings is 1. The molecule has 22 heavy (non-hydrogen) atoms. The lowest BCUT2D eigenvalue weighted by molar-refractivity contribution is -0.146. The van der Waals surface area contributed by atoms with Crippen molar-refractivity contribution >= 4 is 22.8 Å². The van der Waals surface area contributed by atoms with Crippen LogP contribution in [0.4, 0.5) is 0 Å². The maximum atomic E-state index is 11.8. The predicted octanol–water partition coefficient (Wildman–Crippen LogP) is 1.59. The van der Waals surface area contributed by atoms with E-state index in [1.807, 2.05) is 24.3 Å². The Morgan fingerprint density at radius 1 is 1.18 bits per heavy atom. The van der Waals surface area contributed by atoms with Crippen molar-refractivity contribution in [1.29, 1.82) is 0 Å². The van der Waals surface area contributed by atoms with E-state index in [4.69, 9.17) is 9.47 Å². The van der Waals surface area contributed by atoms with Gasteiger partial charge in [0.15, 0.2) is 5.57 Å². The molecule has 0 bridgehead atoms. The molecule has 7 nitrogen and oxygen atoms in total. The summed E-state index contributed by atoms with van der Waals surface area (Å²) in [6.45, 7) is 3.66. The zero-order valence-electron chi connectivity index (χ0n) is 12.4. The summed E-state index contributed by atoms with van der Waals surface area (Å²) in [5.41, 5.74) is 3.38. The number of nitrogens with zero attached hydrogens (tertiary/aromatic N) is 2. The summed E-state index contributed by atoms with van der Waals surface area (Å²) >= 11 is 0. The number of rotatable bonds is 6. The fourth-order valence-electron chi connectivity index (χ4n) is 1.82. The van der Waals surface area contributed by atoms with Gasteiger partial charge in [0.1, 0.15) is 0 Å². The first-order chi connectivity index (χ1) is 10.7. The van der Waals surface area contributed by atoms with E-state index in [1.165, 1.54) is 11.0 Å². The van der Waals surface area contributed by atoms with Gasteiger partial charge in [0.25, 0.3) is 0 Å². The summed E-state index contributed by atoms with van der Waals surface area (Å²) < 4.78 is 9.70. The Labute approximate surface area is 127 Å². The van der Waals surface area contributed by atoms with Crippen molar-refractivity contribution in [2.75, 3.05) is 18.6 Å². The molecule has 0 aliphatic rings. The Balaban J connectivity index is 2.25. The molecular weight excluding hydrogens is 286 g/mol. The van der Waals surface area contributed by atoms with E-state index in [9.17, 15) is 9.59 Å². The monoisotopic (exact) mass is 303 g/mol. The second kappa shape index (κ2) is 7.26. The third-order valence-electron chi connectivity index (χ3n) is 2.80. The highest BCUT2D eigenvalue weighted by molar-refractivity contribution is 6.14. The number of esters is 2. The lowest BCUT2D eigenvalue weighted by Crippen LogP contribution is -2.21. The quantitative estimate of drug-likeness (QED) is 0.378. The van der Waals surface area contributed by atoms with Crippen LogP contribution in [-0.2, 0) is 19.1 Å². The van der Waals surface area contributed by atoms with Crippen LogP contribution in [0.15, 0.2) is 42.2 Å². The van der Waals surface area contributed by atoms with Gasteiger partial charge in [0.2, 0.25) is 0 Å². The number of ether oxygens (including phenoxy) is 2. The van der Waals surface area contributed by atoms with Gasteiger partial charge in [-0.1, -0.05) is 18.2 Å². The van der Waals surface area contributed by atoms with Gasteiger partial charge in [-0.2, -0.15) is 9.89 Å². The molecule has 0 unspecified atom stereocenters. The molecular formula is C15H17N3O4. The maximum absolute atomic E-state index is 11.8. The van der Waals surface area contributed by atoms with E-state index in [2.05, 4.69) is 10.5 Å². The number of hydrogen-bond acceptors (Lipinski definition) is 6. The topological polar surface area (TPSA) is 82.5 Å². The van der Waals surface area contributed by atoms with Crippen molar-refractivity contribution in [3.8, 4) is 0 Å². The fourth-order valence-corrected chi connectivity index (χ4v) is 1.82. The minimum atomic E-state index is -0.745.